The van der Waals surface area contributed by atoms with Crippen LogP contribution in [-0.4, -0.2) is 0 Å². The van der Waals surface area contributed by atoms with Gasteiger partial charge < -0.3 is 0 Å². The molecule has 0 nitrogen and oxygen atoms in total. The lowest BCUT2D eigenvalue weighted by atomic mass is 10.1. The third-order valence-corrected chi connectivity index (χ3v) is 2.88. The predicted octanol–water partition coefficient (Wildman–Crippen LogP) is 7.12. The SMILES string of the molecule is FC(F)c1ccc(C(F)F)cc1.FC(F)c1ccc(C(F)F)cc1. The molecule has 8 heteroatoms. The van der Waals surface area contributed by atoms with E-state index < -0.39 is 25.7 Å². The van der Waals surface area contributed by atoms with Crippen LogP contribution in [0.1, 0.15) is 48.0 Å². The van der Waals surface area contributed by atoms with E-state index in [1.165, 1.54) is 0 Å². The molecule has 0 spiro atoms. The standard InChI is InChI=1S/2C8H6F4/c2*9-7(10)5-1-2-6(4-3-5)8(11)12/h2*1-4,7-8H. The minimum atomic E-state index is -2.60. The third kappa shape index (κ3) is 6.17. The van der Waals surface area contributed by atoms with Gasteiger partial charge in [0.25, 0.3) is 25.7 Å². The number of hydrogen-bond acceptors (Lipinski definition) is 0. The zero-order chi connectivity index (χ0) is 18.3. The van der Waals surface area contributed by atoms with Gasteiger partial charge in [-0.2, -0.15) is 0 Å². The summed E-state index contributed by atoms with van der Waals surface area (Å²) in [6, 6.07) is 8.05. The van der Waals surface area contributed by atoms with Crippen molar-refractivity contribution in [3.63, 3.8) is 0 Å². The van der Waals surface area contributed by atoms with Gasteiger partial charge in [-0.15, -0.1) is 0 Å². The second-order valence-electron chi connectivity index (χ2n) is 4.54. The topological polar surface area (TPSA) is 0 Å². The molecule has 0 aliphatic carbocycles. The van der Waals surface area contributed by atoms with E-state index in [0.29, 0.717) is 0 Å². The monoisotopic (exact) mass is 356 g/mol. The van der Waals surface area contributed by atoms with Crippen molar-refractivity contribution in [1.29, 1.82) is 0 Å². The summed E-state index contributed by atoms with van der Waals surface area (Å²) in [4.78, 5) is 0. The van der Waals surface area contributed by atoms with Gasteiger partial charge in [0.2, 0.25) is 0 Å². The lowest BCUT2D eigenvalue weighted by molar-refractivity contribution is 0.147. The Morgan fingerprint density at radius 2 is 0.458 bits per heavy atom. The maximum Gasteiger partial charge on any atom is 0.263 e. The van der Waals surface area contributed by atoms with Crippen LogP contribution in [0.2, 0.25) is 0 Å². The summed E-state index contributed by atoms with van der Waals surface area (Å²) in [7, 11) is 0. The maximum absolute atomic E-state index is 11.9. The Labute approximate surface area is 132 Å². The molecule has 0 N–H and O–H groups in total. The lowest BCUT2D eigenvalue weighted by Crippen LogP contribution is -1.87. The molecule has 0 atom stereocenters. The quantitative estimate of drug-likeness (QED) is 0.512. The van der Waals surface area contributed by atoms with Crippen LogP contribution in [0.15, 0.2) is 48.5 Å². The molecule has 132 valence electrons. The molecule has 0 radical (unpaired) electrons. The fraction of sp³-hybridized carbons (Fsp3) is 0.250. The van der Waals surface area contributed by atoms with Gasteiger partial charge in [0, 0.05) is 22.3 Å². The molecule has 0 amide bonds. The van der Waals surface area contributed by atoms with Crippen LogP contribution in [0, 0.1) is 0 Å². The Hall–Kier alpha value is -2.12. The highest BCUT2D eigenvalue weighted by atomic mass is 19.3. The van der Waals surface area contributed by atoms with Crippen molar-refractivity contribution in [2.45, 2.75) is 25.7 Å². The van der Waals surface area contributed by atoms with E-state index >= 15 is 0 Å². The molecule has 0 bridgehead atoms. The Morgan fingerprint density at radius 3 is 0.542 bits per heavy atom. The number of alkyl halides is 8. The molecule has 2 rings (SSSR count). The van der Waals surface area contributed by atoms with E-state index in [1.807, 2.05) is 0 Å². The number of rotatable bonds is 4. The zero-order valence-electron chi connectivity index (χ0n) is 12.0. The summed E-state index contributed by atoms with van der Waals surface area (Å²) in [5, 5.41) is 0. The Bertz CT molecular complexity index is 481. The van der Waals surface area contributed by atoms with E-state index in [1.54, 1.807) is 0 Å². The van der Waals surface area contributed by atoms with Gasteiger partial charge >= 0.3 is 0 Å². The molecule has 0 unspecified atom stereocenters. The highest BCUT2D eigenvalue weighted by Crippen LogP contribution is 2.24. The average molecular weight is 356 g/mol. The molecule has 0 heterocycles. The highest BCUT2D eigenvalue weighted by Gasteiger charge is 2.10. The van der Waals surface area contributed by atoms with E-state index in [-0.39, 0.29) is 22.3 Å². The zero-order valence-corrected chi connectivity index (χ0v) is 12.0. The van der Waals surface area contributed by atoms with E-state index in [9.17, 15) is 35.1 Å². The molecule has 0 saturated carbocycles. The molecule has 24 heavy (non-hydrogen) atoms. The van der Waals surface area contributed by atoms with Crippen molar-refractivity contribution in [1.82, 2.24) is 0 Å². The molecule has 0 aliphatic heterocycles. The average Bonchev–Trinajstić information content (AvgIpc) is 2.55. The molecule has 0 aliphatic rings. The number of hydrogen-bond donors (Lipinski definition) is 0. The smallest absolute Gasteiger partial charge is 0.205 e. The number of benzene rings is 2. The van der Waals surface area contributed by atoms with Crippen molar-refractivity contribution in [2.75, 3.05) is 0 Å². The normalized spacial score (nSPS) is 11.2. The van der Waals surface area contributed by atoms with E-state index in [0.717, 1.165) is 48.5 Å². The van der Waals surface area contributed by atoms with Crippen molar-refractivity contribution in [3.05, 3.63) is 70.8 Å². The summed E-state index contributed by atoms with van der Waals surface area (Å²) in [6.45, 7) is 0. The van der Waals surface area contributed by atoms with Gasteiger partial charge in [-0.1, -0.05) is 48.5 Å². The largest absolute Gasteiger partial charge is 0.263 e. The highest BCUT2D eigenvalue weighted by molar-refractivity contribution is 5.24. The number of halogens is 8. The second kappa shape index (κ2) is 9.24. The first-order valence-corrected chi connectivity index (χ1v) is 6.54. The van der Waals surface area contributed by atoms with Crippen LogP contribution < -0.4 is 0 Å². The van der Waals surface area contributed by atoms with Gasteiger partial charge in [0.05, 0.1) is 0 Å². The minimum absolute atomic E-state index is 0.237. The first-order valence-electron chi connectivity index (χ1n) is 6.54. The van der Waals surface area contributed by atoms with Crippen molar-refractivity contribution in [3.8, 4) is 0 Å². The van der Waals surface area contributed by atoms with Gasteiger partial charge in [-0.05, 0) is 0 Å². The van der Waals surface area contributed by atoms with Crippen LogP contribution in [-0.2, 0) is 0 Å². The Morgan fingerprint density at radius 1 is 0.333 bits per heavy atom. The van der Waals surface area contributed by atoms with Crippen LogP contribution in [0.3, 0.4) is 0 Å². The summed E-state index contributed by atoms with van der Waals surface area (Å²) in [6.07, 6.45) is -10.4. The van der Waals surface area contributed by atoms with Crippen molar-refractivity contribution < 1.29 is 35.1 Å². The Balaban J connectivity index is 0.000000240. The first-order chi connectivity index (χ1) is 11.2. The van der Waals surface area contributed by atoms with Gasteiger partial charge in [-0.3, -0.25) is 0 Å². The van der Waals surface area contributed by atoms with E-state index in [2.05, 4.69) is 0 Å². The fourth-order valence-corrected chi connectivity index (χ4v) is 1.57. The minimum Gasteiger partial charge on any atom is -0.205 e. The molecular weight excluding hydrogens is 344 g/mol. The van der Waals surface area contributed by atoms with Crippen molar-refractivity contribution in [2.24, 2.45) is 0 Å². The van der Waals surface area contributed by atoms with Crippen LogP contribution in [0.4, 0.5) is 35.1 Å². The van der Waals surface area contributed by atoms with Crippen LogP contribution in [0.25, 0.3) is 0 Å². The van der Waals surface area contributed by atoms with Gasteiger partial charge in [-0.25, -0.2) is 35.1 Å². The van der Waals surface area contributed by atoms with E-state index in [4.69, 9.17) is 0 Å². The third-order valence-electron chi connectivity index (χ3n) is 2.88. The Kier molecular flexibility index (Phi) is 7.67. The predicted molar refractivity (Wildman–Crippen MR) is 72.7 cm³/mol. The summed E-state index contributed by atoms with van der Waals surface area (Å²) >= 11 is 0. The first kappa shape index (κ1) is 19.9. The molecule has 2 aromatic rings. The summed E-state index contributed by atoms with van der Waals surface area (Å²) < 4.78 is 95.3. The fourth-order valence-electron chi connectivity index (χ4n) is 1.57. The lowest BCUT2D eigenvalue weighted by Gasteiger charge is -2.01. The maximum atomic E-state index is 11.9. The van der Waals surface area contributed by atoms with Gasteiger partial charge in [0.15, 0.2) is 0 Å². The summed E-state index contributed by atoms with van der Waals surface area (Å²) in [5.41, 5.74) is -0.947. The molecule has 0 fully saturated rings. The van der Waals surface area contributed by atoms with Crippen LogP contribution in [0.5, 0.6) is 0 Å². The van der Waals surface area contributed by atoms with Crippen LogP contribution >= 0.6 is 0 Å². The second-order valence-corrected chi connectivity index (χ2v) is 4.54. The summed E-state index contributed by atoms with van der Waals surface area (Å²) in [5.74, 6) is 0. The molecule has 0 aromatic heterocycles. The van der Waals surface area contributed by atoms with Gasteiger partial charge in [0.1, 0.15) is 0 Å². The molecule has 2 aromatic carbocycles. The molecule has 0 saturated heterocycles. The van der Waals surface area contributed by atoms with Crippen molar-refractivity contribution >= 4 is 0 Å². The molecular formula is C16H12F8.